The van der Waals surface area contributed by atoms with Crippen LogP contribution in [-0.2, 0) is 4.74 Å². The Morgan fingerprint density at radius 2 is 2.45 bits per heavy atom. The van der Waals surface area contributed by atoms with E-state index in [0.717, 1.165) is 6.42 Å². The highest BCUT2D eigenvalue weighted by molar-refractivity contribution is 5.98. The predicted octanol–water partition coefficient (Wildman–Crippen LogP) is 0.427. The van der Waals surface area contributed by atoms with E-state index in [1.165, 1.54) is 6.20 Å². The van der Waals surface area contributed by atoms with Gasteiger partial charge < -0.3 is 20.6 Å². The fourth-order valence-electron chi connectivity index (χ4n) is 2.04. The van der Waals surface area contributed by atoms with Crippen LogP contribution in [0.3, 0.4) is 0 Å². The monoisotopic (exact) mass is 278 g/mol. The molecule has 7 nitrogen and oxygen atoms in total. The summed E-state index contributed by atoms with van der Waals surface area (Å²) in [4.78, 5) is 18.1. The fourth-order valence-corrected chi connectivity index (χ4v) is 2.04. The smallest absolute Gasteiger partial charge is 0.272 e. The van der Waals surface area contributed by atoms with Crippen molar-refractivity contribution in [3.63, 3.8) is 0 Å². The van der Waals surface area contributed by atoms with E-state index in [1.807, 2.05) is 6.92 Å². The molecule has 1 unspecified atom stereocenters. The summed E-state index contributed by atoms with van der Waals surface area (Å²) in [5, 5.41) is 11.5. The van der Waals surface area contributed by atoms with Crippen molar-refractivity contribution in [1.82, 2.24) is 9.88 Å². The quantitative estimate of drug-likeness (QED) is 0.361. The summed E-state index contributed by atoms with van der Waals surface area (Å²) in [5.41, 5.74) is 6.26. The first-order valence-corrected chi connectivity index (χ1v) is 6.50. The molecule has 1 aromatic heterocycles. The summed E-state index contributed by atoms with van der Waals surface area (Å²) in [6.07, 6.45) is 2.38. The molecule has 1 aromatic rings. The first kappa shape index (κ1) is 14.3. The van der Waals surface area contributed by atoms with Crippen LogP contribution in [0.2, 0.25) is 0 Å². The van der Waals surface area contributed by atoms with E-state index in [4.69, 9.17) is 15.7 Å². The van der Waals surface area contributed by atoms with Gasteiger partial charge in [0.05, 0.1) is 12.7 Å². The molecule has 0 bridgehead atoms. The minimum Gasteiger partial charge on any atom is -0.409 e. The van der Waals surface area contributed by atoms with E-state index in [9.17, 15) is 4.79 Å². The number of carbonyl (C=O) groups is 1. The molecule has 1 aliphatic rings. The normalized spacial score (nSPS) is 19.9. The Morgan fingerprint density at radius 3 is 3.05 bits per heavy atom. The Balaban J connectivity index is 2.09. The van der Waals surface area contributed by atoms with Gasteiger partial charge in [-0.2, -0.15) is 0 Å². The Bertz CT molecular complexity index is 501. The van der Waals surface area contributed by atoms with Crippen LogP contribution in [0.1, 0.15) is 29.4 Å². The van der Waals surface area contributed by atoms with Crippen molar-refractivity contribution in [1.29, 1.82) is 0 Å². The number of ether oxygens (including phenoxy) is 1. The lowest BCUT2D eigenvalue weighted by atomic mass is 10.2. The van der Waals surface area contributed by atoms with Crippen LogP contribution in [0.4, 0.5) is 0 Å². The van der Waals surface area contributed by atoms with Crippen LogP contribution in [0.25, 0.3) is 0 Å². The molecule has 108 valence electrons. The molecular weight excluding hydrogens is 260 g/mol. The molecule has 0 aliphatic carbocycles. The highest BCUT2D eigenvalue weighted by Gasteiger charge is 2.24. The molecule has 1 amide bonds. The Kier molecular flexibility index (Phi) is 4.52. The molecule has 3 N–H and O–H groups in total. The average molecular weight is 278 g/mol. The molecule has 2 heterocycles. The van der Waals surface area contributed by atoms with Crippen molar-refractivity contribution >= 4 is 11.7 Å². The molecule has 20 heavy (non-hydrogen) atoms. The van der Waals surface area contributed by atoms with Gasteiger partial charge in [0.15, 0.2) is 5.84 Å². The van der Waals surface area contributed by atoms with E-state index >= 15 is 0 Å². The molecule has 1 aliphatic heterocycles. The fraction of sp³-hybridized carbons (Fsp3) is 0.462. The number of rotatable bonds is 3. The average Bonchev–Trinajstić information content (AvgIpc) is 2.53. The van der Waals surface area contributed by atoms with Gasteiger partial charge in [-0.3, -0.25) is 9.78 Å². The second-order valence-corrected chi connectivity index (χ2v) is 4.57. The van der Waals surface area contributed by atoms with Gasteiger partial charge in [0.25, 0.3) is 5.91 Å². The Morgan fingerprint density at radius 1 is 1.65 bits per heavy atom. The summed E-state index contributed by atoms with van der Waals surface area (Å²) >= 11 is 0. The lowest BCUT2D eigenvalue weighted by molar-refractivity contribution is -0.0228. The van der Waals surface area contributed by atoms with Gasteiger partial charge in [0.2, 0.25) is 0 Å². The van der Waals surface area contributed by atoms with E-state index in [2.05, 4.69) is 10.1 Å². The van der Waals surface area contributed by atoms with E-state index in [-0.39, 0.29) is 17.8 Å². The SMILES string of the molecule is CCC1CN(C(=O)c2ccc(C(N)=NO)cn2)CCO1. The van der Waals surface area contributed by atoms with Gasteiger partial charge in [0.1, 0.15) is 5.69 Å². The van der Waals surface area contributed by atoms with E-state index < -0.39 is 0 Å². The van der Waals surface area contributed by atoms with Crippen molar-refractivity contribution in [3.8, 4) is 0 Å². The number of hydrogen-bond donors (Lipinski definition) is 2. The van der Waals surface area contributed by atoms with E-state index in [1.54, 1.807) is 17.0 Å². The van der Waals surface area contributed by atoms with Gasteiger partial charge in [-0.15, -0.1) is 0 Å². The third kappa shape index (κ3) is 3.05. The maximum Gasteiger partial charge on any atom is 0.272 e. The van der Waals surface area contributed by atoms with Crippen LogP contribution in [0.15, 0.2) is 23.5 Å². The Labute approximate surface area is 117 Å². The lowest BCUT2D eigenvalue weighted by Crippen LogP contribution is -2.45. The number of oxime groups is 1. The number of pyridine rings is 1. The van der Waals surface area contributed by atoms with Crippen LogP contribution in [0.5, 0.6) is 0 Å². The number of amides is 1. The first-order valence-electron chi connectivity index (χ1n) is 6.50. The standard InChI is InChI=1S/C13H18N4O3/c1-2-10-8-17(5-6-20-10)13(18)11-4-3-9(7-15-11)12(14)16-19/h3-4,7,10,19H,2,5-6,8H2,1H3,(H2,14,16). The largest absolute Gasteiger partial charge is 0.409 e. The molecular formula is C13H18N4O3. The van der Waals surface area contributed by atoms with Gasteiger partial charge in [-0.1, -0.05) is 12.1 Å². The van der Waals surface area contributed by atoms with Crippen LogP contribution < -0.4 is 5.73 Å². The molecule has 1 saturated heterocycles. The van der Waals surface area contributed by atoms with Crippen molar-refractivity contribution in [3.05, 3.63) is 29.6 Å². The lowest BCUT2D eigenvalue weighted by Gasteiger charge is -2.32. The summed E-state index contributed by atoms with van der Waals surface area (Å²) in [5.74, 6) is -0.160. The van der Waals surface area contributed by atoms with Crippen LogP contribution in [0, 0.1) is 0 Å². The van der Waals surface area contributed by atoms with E-state index in [0.29, 0.717) is 31.0 Å². The Hall–Kier alpha value is -2.15. The van der Waals surface area contributed by atoms with Crippen molar-refractivity contribution in [2.45, 2.75) is 19.4 Å². The van der Waals surface area contributed by atoms with Crippen LogP contribution >= 0.6 is 0 Å². The zero-order chi connectivity index (χ0) is 14.5. The second kappa shape index (κ2) is 6.33. The highest BCUT2D eigenvalue weighted by atomic mass is 16.5. The minimum absolute atomic E-state index is 0.0334. The number of morpholine rings is 1. The summed E-state index contributed by atoms with van der Waals surface area (Å²) in [7, 11) is 0. The number of carbonyl (C=O) groups excluding carboxylic acids is 1. The second-order valence-electron chi connectivity index (χ2n) is 4.57. The molecule has 1 atom stereocenters. The summed E-state index contributed by atoms with van der Waals surface area (Å²) in [6.45, 7) is 3.73. The van der Waals surface area contributed by atoms with Crippen molar-refractivity contribution < 1.29 is 14.7 Å². The number of aromatic nitrogens is 1. The molecule has 7 heteroatoms. The molecule has 0 saturated carbocycles. The van der Waals surface area contributed by atoms with Gasteiger partial charge in [-0.25, -0.2) is 0 Å². The van der Waals surface area contributed by atoms with Gasteiger partial charge >= 0.3 is 0 Å². The topological polar surface area (TPSA) is 101 Å². The van der Waals surface area contributed by atoms with Gasteiger partial charge in [0, 0.05) is 24.8 Å². The predicted molar refractivity (Wildman–Crippen MR) is 72.7 cm³/mol. The number of hydrogen-bond acceptors (Lipinski definition) is 5. The summed E-state index contributed by atoms with van der Waals surface area (Å²) in [6, 6.07) is 3.18. The molecule has 0 spiro atoms. The number of amidine groups is 1. The van der Waals surface area contributed by atoms with Crippen molar-refractivity contribution in [2.24, 2.45) is 10.9 Å². The zero-order valence-electron chi connectivity index (χ0n) is 11.3. The highest BCUT2D eigenvalue weighted by Crippen LogP contribution is 2.11. The summed E-state index contributed by atoms with van der Waals surface area (Å²) < 4.78 is 5.53. The van der Waals surface area contributed by atoms with Crippen LogP contribution in [-0.4, -0.2) is 52.6 Å². The molecule has 1 fully saturated rings. The minimum atomic E-state index is -0.127. The number of nitrogens with zero attached hydrogens (tertiary/aromatic N) is 3. The first-order chi connectivity index (χ1) is 9.65. The van der Waals surface area contributed by atoms with Crippen molar-refractivity contribution in [2.75, 3.05) is 19.7 Å². The molecule has 0 aromatic carbocycles. The number of nitrogens with two attached hydrogens (primary N) is 1. The third-order valence-corrected chi connectivity index (χ3v) is 3.27. The third-order valence-electron chi connectivity index (χ3n) is 3.27. The molecule has 2 rings (SSSR count). The van der Waals surface area contributed by atoms with Gasteiger partial charge in [-0.05, 0) is 18.6 Å². The molecule has 0 radical (unpaired) electrons. The maximum atomic E-state index is 12.3. The maximum absolute atomic E-state index is 12.3. The zero-order valence-corrected chi connectivity index (χ0v) is 11.3.